The van der Waals surface area contributed by atoms with Gasteiger partial charge in [0.1, 0.15) is 0 Å². The second-order valence-electron chi connectivity index (χ2n) is 3.69. The van der Waals surface area contributed by atoms with Gasteiger partial charge in [0.05, 0.1) is 12.5 Å². The van der Waals surface area contributed by atoms with Gasteiger partial charge in [-0.25, -0.2) is 4.79 Å². The van der Waals surface area contributed by atoms with Crippen LogP contribution in [0.3, 0.4) is 0 Å². The molecule has 0 spiro atoms. The molecule has 0 fully saturated rings. The van der Waals surface area contributed by atoms with Crippen LogP contribution in [0.25, 0.3) is 0 Å². The molecular formula is C11H14N2O4S. The highest BCUT2D eigenvalue weighted by Crippen LogP contribution is 2.15. The minimum atomic E-state index is -1.07. The standard InChI is InChI=1S/C11H14N2O4S/c1-7(8-4-5-18-6-8)12-11(17)13-9(14)2-3-10(15)16/h4-7H,2-3H2,1H3,(H,15,16)(H2,12,13,14,17). The molecule has 0 aliphatic rings. The fourth-order valence-electron chi connectivity index (χ4n) is 1.25. The van der Waals surface area contributed by atoms with Crippen molar-refractivity contribution < 1.29 is 19.5 Å². The molecule has 7 heteroatoms. The van der Waals surface area contributed by atoms with Crippen LogP contribution in [0.1, 0.15) is 31.4 Å². The number of carbonyl (C=O) groups excluding carboxylic acids is 2. The molecule has 1 unspecified atom stereocenters. The van der Waals surface area contributed by atoms with Crippen molar-refractivity contribution in [2.75, 3.05) is 0 Å². The van der Waals surface area contributed by atoms with Crippen LogP contribution >= 0.6 is 11.3 Å². The van der Waals surface area contributed by atoms with E-state index < -0.39 is 17.9 Å². The highest BCUT2D eigenvalue weighted by Gasteiger charge is 2.13. The number of hydrogen-bond donors (Lipinski definition) is 3. The molecule has 0 radical (unpaired) electrons. The Bertz CT molecular complexity index is 430. The number of nitrogens with one attached hydrogen (secondary N) is 2. The fourth-order valence-corrected chi connectivity index (χ4v) is 2.00. The first-order valence-corrected chi connectivity index (χ1v) is 6.27. The fraction of sp³-hybridized carbons (Fsp3) is 0.364. The molecule has 0 aliphatic heterocycles. The Kier molecular flexibility index (Phi) is 5.31. The molecule has 1 heterocycles. The molecular weight excluding hydrogens is 256 g/mol. The number of hydrogen-bond acceptors (Lipinski definition) is 4. The summed E-state index contributed by atoms with van der Waals surface area (Å²) in [6, 6.07) is 1.05. The zero-order chi connectivity index (χ0) is 13.5. The van der Waals surface area contributed by atoms with Gasteiger partial charge >= 0.3 is 12.0 Å². The molecule has 0 aromatic carbocycles. The lowest BCUT2D eigenvalue weighted by Crippen LogP contribution is -2.40. The number of rotatable bonds is 5. The van der Waals surface area contributed by atoms with E-state index in [1.54, 1.807) is 6.92 Å². The summed E-state index contributed by atoms with van der Waals surface area (Å²) in [5.41, 5.74) is 0.952. The zero-order valence-electron chi connectivity index (χ0n) is 9.80. The monoisotopic (exact) mass is 270 g/mol. The Balaban J connectivity index is 2.33. The number of aliphatic carboxylic acids is 1. The predicted molar refractivity (Wildman–Crippen MR) is 66.3 cm³/mol. The number of carboxylic acids is 1. The zero-order valence-corrected chi connectivity index (χ0v) is 10.6. The van der Waals surface area contributed by atoms with Crippen molar-refractivity contribution in [2.24, 2.45) is 0 Å². The second kappa shape index (κ2) is 6.75. The first-order valence-electron chi connectivity index (χ1n) is 5.33. The molecule has 0 aliphatic carbocycles. The summed E-state index contributed by atoms with van der Waals surface area (Å²) >= 11 is 1.52. The van der Waals surface area contributed by atoms with E-state index in [1.807, 2.05) is 16.8 Å². The Hall–Kier alpha value is -1.89. The van der Waals surface area contributed by atoms with Crippen molar-refractivity contribution in [3.63, 3.8) is 0 Å². The average molecular weight is 270 g/mol. The maximum absolute atomic E-state index is 11.4. The topological polar surface area (TPSA) is 95.5 Å². The Morgan fingerprint density at radius 3 is 2.67 bits per heavy atom. The van der Waals surface area contributed by atoms with Crippen molar-refractivity contribution in [1.29, 1.82) is 0 Å². The van der Waals surface area contributed by atoms with Gasteiger partial charge in [0, 0.05) is 6.42 Å². The van der Waals surface area contributed by atoms with Gasteiger partial charge in [-0.2, -0.15) is 11.3 Å². The predicted octanol–water partition coefficient (Wildman–Crippen LogP) is 1.50. The molecule has 0 saturated heterocycles. The number of carbonyl (C=O) groups is 3. The van der Waals surface area contributed by atoms with Gasteiger partial charge in [-0.15, -0.1) is 0 Å². The van der Waals surface area contributed by atoms with Crippen LogP contribution in [0, 0.1) is 0 Å². The van der Waals surface area contributed by atoms with Gasteiger partial charge in [-0.3, -0.25) is 14.9 Å². The lowest BCUT2D eigenvalue weighted by molar-refractivity contribution is -0.138. The van der Waals surface area contributed by atoms with E-state index in [2.05, 4.69) is 10.6 Å². The van der Waals surface area contributed by atoms with Crippen molar-refractivity contribution >= 4 is 29.2 Å². The highest BCUT2D eigenvalue weighted by molar-refractivity contribution is 7.07. The third-order valence-corrected chi connectivity index (χ3v) is 2.91. The lowest BCUT2D eigenvalue weighted by atomic mass is 10.2. The Labute approximate surface area is 108 Å². The van der Waals surface area contributed by atoms with Crippen LogP contribution in [-0.2, 0) is 9.59 Å². The summed E-state index contributed by atoms with van der Waals surface area (Å²) < 4.78 is 0. The summed E-state index contributed by atoms with van der Waals surface area (Å²) in [4.78, 5) is 32.9. The van der Waals surface area contributed by atoms with Crippen LogP contribution in [-0.4, -0.2) is 23.0 Å². The number of imide groups is 1. The summed E-state index contributed by atoms with van der Waals surface area (Å²) in [7, 11) is 0. The van der Waals surface area contributed by atoms with Crippen LogP contribution in [0.15, 0.2) is 16.8 Å². The number of amides is 3. The van der Waals surface area contributed by atoms with Gasteiger partial charge in [0.2, 0.25) is 5.91 Å². The van der Waals surface area contributed by atoms with Crippen molar-refractivity contribution in [1.82, 2.24) is 10.6 Å². The van der Waals surface area contributed by atoms with Gasteiger partial charge in [-0.05, 0) is 29.3 Å². The smallest absolute Gasteiger partial charge is 0.321 e. The third-order valence-electron chi connectivity index (χ3n) is 2.21. The molecule has 98 valence electrons. The molecule has 3 N–H and O–H groups in total. The number of urea groups is 1. The van der Waals surface area contributed by atoms with Gasteiger partial charge in [-0.1, -0.05) is 0 Å². The van der Waals surface area contributed by atoms with Crippen LogP contribution < -0.4 is 10.6 Å². The van der Waals surface area contributed by atoms with Crippen LogP contribution in [0.2, 0.25) is 0 Å². The van der Waals surface area contributed by atoms with E-state index in [0.29, 0.717) is 0 Å². The van der Waals surface area contributed by atoms with Crippen molar-refractivity contribution in [2.45, 2.75) is 25.8 Å². The van der Waals surface area contributed by atoms with E-state index in [9.17, 15) is 14.4 Å². The molecule has 1 rings (SSSR count). The van der Waals surface area contributed by atoms with E-state index >= 15 is 0 Å². The number of carboxylic acid groups (broad SMARTS) is 1. The largest absolute Gasteiger partial charge is 0.481 e. The SMILES string of the molecule is CC(NC(=O)NC(=O)CCC(=O)O)c1ccsc1. The summed E-state index contributed by atoms with van der Waals surface area (Å²) in [5.74, 6) is -1.68. The second-order valence-corrected chi connectivity index (χ2v) is 4.47. The normalized spacial score (nSPS) is 11.6. The van der Waals surface area contributed by atoms with Gasteiger partial charge in [0.25, 0.3) is 0 Å². The first-order chi connectivity index (χ1) is 8.49. The molecule has 18 heavy (non-hydrogen) atoms. The molecule has 0 saturated carbocycles. The maximum atomic E-state index is 11.4. The molecule has 3 amide bonds. The van der Waals surface area contributed by atoms with E-state index in [4.69, 9.17) is 5.11 Å². The minimum Gasteiger partial charge on any atom is -0.481 e. The van der Waals surface area contributed by atoms with Gasteiger partial charge < -0.3 is 10.4 Å². The quantitative estimate of drug-likeness (QED) is 0.755. The van der Waals surface area contributed by atoms with Crippen LogP contribution in [0.5, 0.6) is 0 Å². The van der Waals surface area contributed by atoms with E-state index in [0.717, 1.165) is 5.56 Å². The molecule has 6 nitrogen and oxygen atoms in total. The van der Waals surface area contributed by atoms with Gasteiger partial charge in [0.15, 0.2) is 0 Å². The van der Waals surface area contributed by atoms with Crippen LogP contribution in [0.4, 0.5) is 4.79 Å². The summed E-state index contributed by atoms with van der Waals surface area (Å²) in [6.45, 7) is 1.79. The third kappa shape index (κ3) is 4.96. The lowest BCUT2D eigenvalue weighted by Gasteiger charge is -2.12. The summed E-state index contributed by atoms with van der Waals surface area (Å²) in [6.07, 6.45) is -0.505. The van der Waals surface area contributed by atoms with E-state index in [-0.39, 0.29) is 18.9 Å². The first kappa shape index (κ1) is 14.2. The Morgan fingerprint density at radius 2 is 2.11 bits per heavy atom. The minimum absolute atomic E-state index is 0.205. The number of thiophene rings is 1. The van der Waals surface area contributed by atoms with Crippen molar-refractivity contribution in [3.05, 3.63) is 22.4 Å². The Morgan fingerprint density at radius 1 is 1.39 bits per heavy atom. The molecule has 1 aromatic heterocycles. The molecule has 1 aromatic rings. The van der Waals surface area contributed by atoms with E-state index in [1.165, 1.54) is 11.3 Å². The highest BCUT2D eigenvalue weighted by atomic mass is 32.1. The average Bonchev–Trinajstić information content (AvgIpc) is 2.79. The summed E-state index contributed by atoms with van der Waals surface area (Å²) in [5, 5.41) is 16.8. The maximum Gasteiger partial charge on any atom is 0.321 e. The van der Waals surface area contributed by atoms with Crippen molar-refractivity contribution in [3.8, 4) is 0 Å². The molecule has 1 atom stereocenters. The molecule has 0 bridgehead atoms.